The van der Waals surface area contributed by atoms with Gasteiger partial charge in [-0.2, -0.15) is 0 Å². The van der Waals surface area contributed by atoms with Crippen LogP contribution in [0.4, 0.5) is 0 Å². The van der Waals surface area contributed by atoms with Crippen LogP contribution in [0.15, 0.2) is 24.4 Å². The molecular formula is C14H20N2O2. The topological polar surface area (TPSA) is 42.4 Å². The van der Waals surface area contributed by atoms with Crippen molar-refractivity contribution in [2.45, 2.75) is 19.3 Å². The van der Waals surface area contributed by atoms with E-state index in [1.54, 1.807) is 6.20 Å². The zero-order valence-electron chi connectivity index (χ0n) is 11.0. The largest absolute Gasteiger partial charge is 0.466 e. The van der Waals surface area contributed by atoms with Gasteiger partial charge in [0.25, 0.3) is 0 Å². The summed E-state index contributed by atoms with van der Waals surface area (Å²) in [6.45, 7) is 4.09. The molecule has 0 saturated carbocycles. The highest BCUT2D eigenvalue weighted by Gasteiger charge is 2.35. The third-order valence-corrected chi connectivity index (χ3v) is 3.47. The Bertz CT molecular complexity index is 394. The van der Waals surface area contributed by atoms with Crippen LogP contribution in [0.2, 0.25) is 0 Å². The van der Waals surface area contributed by atoms with Crippen molar-refractivity contribution < 1.29 is 9.53 Å². The summed E-state index contributed by atoms with van der Waals surface area (Å²) in [5.74, 6) is 0.00121. The standard InChI is InChI=1S/C14H20N2O2/c1-3-18-14(17)11-7-9-16(2)10-12(11)13-6-4-5-8-15-13/h4-6,8,11-12H,3,7,9-10H2,1-2H3/t11-,12-/m0/s1. The van der Waals surface area contributed by atoms with Crippen molar-refractivity contribution in [1.29, 1.82) is 0 Å². The molecule has 0 amide bonds. The van der Waals surface area contributed by atoms with E-state index in [2.05, 4.69) is 16.9 Å². The van der Waals surface area contributed by atoms with Crippen LogP contribution in [0.3, 0.4) is 0 Å². The lowest BCUT2D eigenvalue weighted by Gasteiger charge is -2.35. The van der Waals surface area contributed by atoms with Crippen LogP contribution in [0.5, 0.6) is 0 Å². The Morgan fingerprint density at radius 3 is 3.06 bits per heavy atom. The number of nitrogens with zero attached hydrogens (tertiary/aromatic N) is 2. The molecule has 0 radical (unpaired) electrons. The average molecular weight is 248 g/mol. The lowest BCUT2D eigenvalue weighted by atomic mass is 9.83. The molecule has 0 aromatic carbocycles. The molecule has 0 N–H and O–H groups in total. The number of ether oxygens (including phenoxy) is 1. The highest BCUT2D eigenvalue weighted by atomic mass is 16.5. The van der Waals surface area contributed by atoms with Crippen molar-refractivity contribution in [3.63, 3.8) is 0 Å². The zero-order valence-corrected chi connectivity index (χ0v) is 11.0. The van der Waals surface area contributed by atoms with Crippen molar-refractivity contribution in [3.8, 4) is 0 Å². The SMILES string of the molecule is CCOC(=O)[C@H]1CCN(C)C[C@@H]1c1ccccn1. The number of hydrogen-bond acceptors (Lipinski definition) is 4. The van der Waals surface area contributed by atoms with Gasteiger partial charge in [-0.05, 0) is 39.1 Å². The third kappa shape index (κ3) is 2.88. The molecule has 1 aromatic rings. The quantitative estimate of drug-likeness (QED) is 0.763. The fourth-order valence-corrected chi connectivity index (χ4v) is 2.54. The highest BCUT2D eigenvalue weighted by Crippen LogP contribution is 2.31. The number of likely N-dealkylation sites (tertiary alicyclic amines) is 1. The molecule has 1 aliphatic rings. The molecule has 1 aliphatic heterocycles. The van der Waals surface area contributed by atoms with Crippen LogP contribution in [-0.2, 0) is 9.53 Å². The van der Waals surface area contributed by atoms with Gasteiger partial charge in [-0.3, -0.25) is 9.78 Å². The Kier molecular flexibility index (Phi) is 4.31. The first-order valence-electron chi connectivity index (χ1n) is 6.48. The fraction of sp³-hybridized carbons (Fsp3) is 0.571. The van der Waals surface area contributed by atoms with Gasteiger partial charge in [-0.25, -0.2) is 0 Å². The number of likely N-dealkylation sites (N-methyl/N-ethyl adjacent to an activating group) is 1. The molecule has 2 heterocycles. The van der Waals surface area contributed by atoms with Crippen LogP contribution < -0.4 is 0 Å². The number of pyridine rings is 1. The van der Waals surface area contributed by atoms with Crippen molar-refractivity contribution in [1.82, 2.24) is 9.88 Å². The number of carbonyl (C=O) groups excluding carboxylic acids is 1. The summed E-state index contributed by atoms with van der Waals surface area (Å²) in [5, 5.41) is 0. The summed E-state index contributed by atoms with van der Waals surface area (Å²) in [4.78, 5) is 18.7. The van der Waals surface area contributed by atoms with E-state index in [0.717, 1.165) is 25.2 Å². The lowest BCUT2D eigenvalue weighted by molar-refractivity contribution is -0.150. The number of piperidine rings is 1. The number of esters is 1. The normalized spacial score (nSPS) is 24.8. The third-order valence-electron chi connectivity index (χ3n) is 3.47. The van der Waals surface area contributed by atoms with Gasteiger partial charge in [0, 0.05) is 24.4 Å². The maximum Gasteiger partial charge on any atom is 0.309 e. The van der Waals surface area contributed by atoms with E-state index in [1.807, 2.05) is 25.1 Å². The van der Waals surface area contributed by atoms with Gasteiger partial charge >= 0.3 is 5.97 Å². The van der Waals surface area contributed by atoms with Gasteiger partial charge < -0.3 is 9.64 Å². The van der Waals surface area contributed by atoms with Gasteiger partial charge in [0.15, 0.2) is 0 Å². The van der Waals surface area contributed by atoms with Crippen molar-refractivity contribution in [2.75, 3.05) is 26.7 Å². The molecule has 4 heteroatoms. The first kappa shape index (κ1) is 13.0. The maximum atomic E-state index is 12.0. The molecular weight excluding hydrogens is 228 g/mol. The molecule has 1 aromatic heterocycles. The molecule has 4 nitrogen and oxygen atoms in total. The Labute approximate surface area is 108 Å². The predicted molar refractivity (Wildman–Crippen MR) is 69.2 cm³/mol. The van der Waals surface area contributed by atoms with Crippen LogP contribution in [0.25, 0.3) is 0 Å². The Morgan fingerprint density at radius 2 is 2.39 bits per heavy atom. The molecule has 0 aliphatic carbocycles. The van der Waals surface area contributed by atoms with E-state index in [0.29, 0.717) is 6.61 Å². The molecule has 1 saturated heterocycles. The van der Waals surface area contributed by atoms with Crippen LogP contribution in [0, 0.1) is 5.92 Å². The molecule has 2 atom stereocenters. The van der Waals surface area contributed by atoms with Crippen molar-refractivity contribution in [3.05, 3.63) is 30.1 Å². The maximum absolute atomic E-state index is 12.0. The first-order valence-corrected chi connectivity index (χ1v) is 6.48. The van der Waals surface area contributed by atoms with E-state index in [-0.39, 0.29) is 17.8 Å². The molecule has 18 heavy (non-hydrogen) atoms. The molecule has 98 valence electrons. The summed E-state index contributed by atoms with van der Waals surface area (Å²) < 4.78 is 5.18. The molecule has 0 spiro atoms. The Morgan fingerprint density at radius 1 is 1.56 bits per heavy atom. The smallest absolute Gasteiger partial charge is 0.309 e. The predicted octanol–water partition coefficient (Wildman–Crippen LogP) is 1.68. The minimum absolute atomic E-state index is 0.0592. The summed E-state index contributed by atoms with van der Waals surface area (Å²) >= 11 is 0. The van der Waals surface area contributed by atoms with Gasteiger partial charge in [-0.1, -0.05) is 6.07 Å². The second-order valence-electron chi connectivity index (χ2n) is 4.77. The minimum atomic E-state index is -0.0822. The van der Waals surface area contributed by atoms with Gasteiger partial charge in [0.2, 0.25) is 0 Å². The average Bonchev–Trinajstić information content (AvgIpc) is 2.40. The van der Waals surface area contributed by atoms with Crippen molar-refractivity contribution in [2.24, 2.45) is 5.92 Å². The number of carbonyl (C=O) groups is 1. The monoisotopic (exact) mass is 248 g/mol. The van der Waals surface area contributed by atoms with Crippen LogP contribution in [0.1, 0.15) is 25.0 Å². The molecule has 0 unspecified atom stereocenters. The Balaban J connectivity index is 2.19. The summed E-state index contributed by atoms with van der Waals surface area (Å²) in [6.07, 6.45) is 2.63. The fourth-order valence-electron chi connectivity index (χ4n) is 2.54. The summed E-state index contributed by atoms with van der Waals surface area (Å²) in [5.41, 5.74) is 0.988. The van der Waals surface area contributed by atoms with E-state index < -0.39 is 0 Å². The van der Waals surface area contributed by atoms with Crippen molar-refractivity contribution >= 4 is 5.97 Å². The molecule has 1 fully saturated rings. The number of aromatic nitrogens is 1. The number of hydrogen-bond donors (Lipinski definition) is 0. The molecule has 0 bridgehead atoms. The van der Waals surface area contributed by atoms with Crippen LogP contribution in [-0.4, -0.2) is 42.6 Å². The number of rotatable bonds is 3. The summed E-state index contributed by atoms with van der Waals surface area (Å²) in [6, 6.07) is 5.87. The Hall–Kier alpha value is -1.42. The van der Waals surface area contributed by atoms with Gasteiger partial charge in [-0.15, -0.1) is 0 Å². The van der Waals surface area contributed by atoms with E-state index in [1.165, 1.54) is 0 Å². The van der Waals surface area contributed by atoms with E-state index >= 15 is 0 Å². The minimum Gasteiger partial charge on any atom is -0.466 e. The second-order valence-corrected chi connectivity index (χ2v) is 4.77. The van der Waals surface area contributed by atoms with Gasteiger partial charge in [0.05, 0.1) is 12.5 Å². The zero-order chi connectivity index (χ0) is 13.0. The van der Waals surface area contributed by atoms with E-state index in [4.69, 9.17) is 4.74 Å². The first-order chi connectivity index (χ1) is 8.72. The second kappa shape index (κ2) is 5.96. The lowest BCUT2D eigenvalue weighted by Crippen LogP contribution is -2.40. The van der Waals surface area contributed by atoms with Crippen LogP contribution >= 0.6 is 0 Å². The van der Waals surface area contributed by atoms with Gasteiger partial charge in [0.1, 0.15) is 0 Å². The van der Waals surface area contributed by atoms with E-state index in [9.17, 15) is 4.79 Å². The highest BCUT2D eigenvalue weighted by molar-refractivity contribution is 5.73. The summed E-state index contributed by atoms with van der Waals surface area (Å²) in [7, 11) is 2.08. The molecule has 2 rings (SSSR count).